The molecule has 26 heavy (non-hydrogen) atoms. The molecule has 0 spiro atoms. The van der Waals surface area contributed by atoms with Gasteiger partial charge < -0.3 is 9.30 Å². The number of ether oxygens (including phenoxy) is 1. The maximum atomic E-state index is 12.3. The van der Waals surface area contributed by atoms with Gasteiger partial charge in [0.2, 0.25) is 0 Å². The van der Waals surface area contributed by atoms with E-state index in [1.54, 1.807) is 35.9 Å². The number of carbonyl (C=O) groups is 1. The molecule has 0 bridgehead atoms. The number of nitrogens with zero attached hydrogens (tertiary/aromatic N) is 4. The third-order valence-corrected chi connectivity index (χ3v) is 4.93. The van der Waals surface area contributed by atoms with Crippen molar-refractivity contribution < 1.29 is 14.5 Å². The van der Waals surface area contributed by atoms with E-state index in [0.717, 1.165) is 16.2 Å². The van der Waals surface area contributed by atoms with Crippen molar-refractivity contribution in [3.05, 3.63) is 68.9 Å². The van der Waals surface area contributed by atoms with Gasteiger partial charge >= 0.3 is 5.97 Å². The van der Waals surface area contributed by atoms with Crippen molar-refractivity contribution >= 4 is 39.3 Å². The quantitative estimate of drug-likeness (QED) is 0.260. The minimum absolute atomic E-state index is 0.0851. The lowest BCUT2D eigenvalue weighted by atomic mass is 10.2. The van der Waals surface area contributed by atoms with Crippen molar-refractivity contribution in [1.29, 1.82) is 0 Å². The van der Waals surface area contributed by atoms with Gasteiger partial charge in [-0.05, 0) is 48.2 Å². The summed E-state index contributed by atoms with van der Waals surface area (Å²) in [7, 11) is 1.73. The third kappa shape index (κ3) is 4.09. The molecule has 0 atom stereocenters. The standard InChI is InChI=1S/C16H11BrN4O4S/c1-20-9-18-19-16(20)26-14-7-2-10(8-13(14)21(23)24)15(22)25-12-5-3-11(17)4-6-12/h2-9H,1H3. The van der Waals surface area contributed by atoms with Gasteiger partial charge in [0, 0.05) is 17.6 Å². The highest BCUT2D eigenvalue weighted by atomic mass is 79.9. The average Bonchev–Trinajstić information content (AvgIpc) is 3.02. The molecule has 1 heterocycles. The van der Waals surface area contributed by atoms with Crippen LogP contribution in [-0.2, 0) is 7.05 Å². The van der Waals surface area contributed by atoms with Crippen molar-refractivity contribution in [2.75, 3.05) is 0 Å². The molecule has 8 nitrogen and oxygen atoms in total. The Labute approximate surface area is 160 Å². The van der Waals surface area contributed by atoms with Gasteiger partial charge in [-0.1, -0.05) is 15.9 Å². The van der Waals surface area contributed by atoms with E-state index in [4.69, 9.17) is 4.74 Å². The second kappa shape index (κ2) is 7.67. The number of aromatic nitrogens is 3. The van der Waals surface area contributed by atoms with Crippen LogP contribution in [0.1, 0.15) is 10.4 Å². The Kier molecular flexibility index (Phi) is 5.33. The number of hydrogen-bond acceptors (Lipinski definition) is 7. The fourth-order valence-corrected chi connectivity index (χ4v) is 3.12. The maximum Gasteiger partial charge on any atom is 0.343 e. The minimum atomic E-state index is -0.675. The Morgan fingerprint density at radius 3 is 2.62 bits per heavy atom. The average molecular weight is 435 g/mol. The zero-order valence-electron chi connectivity index (χ0n) is 13.3. The lowest BCUT2D eigenvalue weighted by Crippen LogP contribution is -2.09. The molecule has 0 aliphatic heterocycles. The first-order valence-electron chi connectivity index (χ1n) is 7.22. The maximum absolute atomic E-state index is 12.3. The van der Waals surface area contributed by atoms with Crippen molar-refractivity contribution in [3.8, 4) is 5.75 Å². The van der Waals surface area contributed by atoms with Crippen LogP contribution in [0.2, 0.25) is 0 Å². The monoisotopic (exact) mass is 434 g/mol. The lowest BCUT2D eigenvalue weighted by molar-refractivity contribution is -0.387. The third-order valence-electron chi connectivity index (χ3n) is 3.29. The second-order valence-electron chi connectivity index (χ2n) is 5.11. The molecule has 10 heteroatoms. The number of nitro benzene ring substituents is 1. The summed E-state index contributed by atoms with van der Waals surface area (Å²) in [6.07, 6.45) is 1.50. The number of benzene rings is 2. The van der Waals surface area contributed by atoms with Crippen molar-refractivity contribution in [3.63, 3.8) is 0 Å². The number of carbonyl (C=O) groups excluding carboxylic acids is 1. The molecular weight excluding hydrogens is 424 g/mol. The van der Waals surface area contributed by atoms with Crippen LogP contribution in [0.4, 0.5) is 5.69 Å². The van der Waals surface area contributed by atoms with Gasteiger partial charge in [-0.2, -0.15) is 0 Å². The molecular formula is C16H11BrN4O4S. The van der Waals surface area contributed by atoms with Gasteiger partial charge in [0.1, 0.15) is 12.1 Å². The van der Waals surface area contributed by atoms with E-state index in [1.807, 2.05) is 0 Å². The van der Waals surface area contributed by atoms with E-state index in [1.165, 1.54) is 24.5 Å². The Morgan fingerprint density at radius 1 is 1.27 bits per heavy atom. The van der Waals surface area contributed by atoms with Crippen LogP contribution < -0.4 is 4.74 Å². The fraction of sp³-hybridized carbons (Fsp3) is 0.0625. The number of rotatable bonds is 5. The van der Waals surface area contributed by atoms with Crippen LogP contribution in [-0.4, -0.2) is 25.7 Å². The predicted octanol–water partition coefficient (Wildman–Crippen LogP) is 3.86. The molecule has 132 valence electrons. The van der Waals surface area contributed by atoms with Gasteiger partial charge in [-0.25, -0.2) is 4.79 Å². The molecule has 0 saturated heterocycles. The zero-order chi connectivity index (χ0) is 18.7. The second-order valence-corrected chi connectivity index (χ2v) is 7.03. The highest BCUT2D eigenvalue weighted by molar-refractivity contribution is 9.10. The molecule has 3 rings (SSSR count). The molecule has 0 saturated carbocycles. The molecule has 0 amide bonds. The van der Waals surface area contributed by atoms with E-state index in [2.05, 4.69) is 26.1 Å². The van der Waals surface area contributed by atoms with Gasteiger partial charge in [0.25, 0.3) is 5.69 Å². The molecule has 0 aliphatic carbocycles. The Balaban J connectivity index is 1.85. The molecule has 1 aromatic heterocycles. The first kappa shape index (κ1) is 18.1. The van der Waals surface area contributed by atoms with Crippen molar-refractivity contribution in [1.82, 2.24) is 14.8 Å². The largest absolute Gasteiger partial charge is 0.423 e. The topological polar surface area (TPSA) is 100 Å². The summed E-state index contributed by atoms with van der Waals surface area (Å²) in [5.74, 6) is -0.330. The van der Waals surface area contributed by atoms with E-state index < -0.39 is 10.9 Å². The summed E-state index contributed by atoms with van der Waals surface area (Å²) in [5.41, 5.74) is -0.120. The Bertz CT molecular complexity index is 975. The zero-order valence-corrected chi connectivity index (χ0v) is 15.7. The van der Waals surface area contributed by atoms with Crippen LogP contribution in [0, 0.1) is 10.1 Å². The van der Waals surface area contributed by atoms with Gasteiger partial charge in [-0.3, -0.25) is 10.1 Å². The summed E-state index contributed by atoms with van der Waals surface area (Å²) < 4.78 is 7.73. The van der Waals surface area contributed by atoms with E-state index in [-0.39, 0.29) is 11.3 Å². The summed E-state index contributed by atoms with van der Waals surface area (Å²) in [5, 5.41) is 19.5. The molecule has 0 radical (unpaired) electrons. The van der Waals surface area contributed by atoms with Crippen LogP contribution in [0.25, 0.3) is 0 Å². The van der Waals surface area contributed by atoms with Gasteiger partial charge in [0.05, 0.1) is 15.4 Å². The first-order chi connectivity index (χ1) is 12.4. The normalized spacial score (nSPS) is 10.5. The SMILES string of the molecule is Cn1cnnc1Sc1ccc(C(=O)Oc2ccc(Br)cc2)cc1[N+](=O)[O-]. The van der Waals surface area contributed by atoms with Crippen LogP contribution in [0.15, 0.2) is 63.3 Å². The molecule has 0 aliphatic rings. The van der Waals surface area contributed by atoms with Crippen molar-refractivity contribution in [2.45, 2.75) is 10.1 Å². The first-order valence-corrected chi connectivity index (χ1v) is 8.83. The number of nitro groups is 1. The minimum Gasteiger partial charge on any atom is -0.423 e. The highest BCUT2D eigenvalue weighted by Crippen LogP contribution is 2.34. The Hall–Kier alpha value is -2.72. The number of halogens is 1. The molecule has 0 fully saturated rings. The summed E-state index contributed by atoms with van der Waals surface area (Å²) in [6.45, 7) is 0. The summed E-state index contributed by atoms with van der Waals surface area (Å²) >= 11 is 4.38. The number of esters is 1. The Morgan fingerprint density at radius 2 is 2.00 bits per heavy atom. The van der Waals surface area contributed by atoms with Crippen molar-refractivity contribution in [2.24, 2.45) is 7.05 Å². The number of aryl methyl sites for hydroxylation is 1. The van der Waals surface area contributed by atoms with Crippen LogP contribution in [0.3, 0.4) is 0 Å². The predicted molar refractivity (Wildman–Crippen MR) is 97.3 cm³/mol. The van der Waals surface area contributed by atoms with Gasteiger partial charge in [0.15, 0.2) is 5.16 Å². The summed E-state index contributed by atoms with van der Waals surface area (Å²) in [4.78, 5) is 23.5. The van der Waals surface area contributed by atoms with Crippen LogP contribution in [0.5, 0.6) is 5.75 Å². The lowest BCUT2D eigenvalue weighted by Gasteiger charge is -2.06. The smallest absolute Gasteiger partial charge is 0.343 e. The number of hydrogen-bond donors (Lipinski definition) is 0. The molecule has 0 N–H and O–H groups in total. The molecule has 3 aromatic rings. The van der Waals surface area contributed by atoms with E-state index in [0.29, 0.717) is 15.8 Å². The molecule has 0 unspecified atom stereocenters. The molecule has 2 aromatic carbocycles. The van der Waals surface area contributed by atoms with E-state index in [9.17, 15) is 14.9 Å². The van der Waals surface area contributed by atoms with Crippen LogP contribution >= 0.6 is 27.7 Å². The fourth-order valence-electron chi connectivity index (χ4n) is 2.01. The summed E-state index contributed by atoms with van der Waals surface area (Å²) in [6, 6.07) is 10.9. The highest BCUT2D eigenvalue weighted by Gasteiger charge is 2.21. The van der Waals surface area contributed by atoms with Gasteiger partial charge in [-0.15, -0.1) is 10.2 Å². The van der Waals surface area contributed by atoms with E-state index >= 15 is 0 Å².